The summed E-state index contributed by atoms with van der Waals surface area (Å²) in [7, 11) is 0. The van der Waals surface area contributed by atoms with E-state index in [9.17, 15) is 18.0 Å². The van der Waals surface area contributed by atoms with Crippen LogP contribution in [-0.2, 0) is 6.54 Å². The minimum atomic E-state index is -4.42. The van der Waals surface area contributed by atoms with E-state index in [2.05, 4.69) is 31.4 Å². The highest BCUT2D eigenvalue weighted by Gasteiger charge is 2.28. The van der Waals surface area contributed by atoms with Crippen LogP contribution in [-0.4, -0.2) is 59.7 Å². The smallest absolute Gasteiger partial charge is 0.422 e. The van der Waals surface area contributed by atoms with E-state index in [1.807, 2.05) is 0 Å². The number of alkyl halides is 3. The number of thiophene rings is 1. The molecule has 0 spiro atoms. The molecule has 0 unspecified atom stereocenters. The number of aromatic nitrogens is 1. The van der Waals surface area contributed by atoms with Crippen molar-refractivity contribution in [2.75, 3.05) is 32.8 Å². The number of hydrogen-bond donors (Lipinski definition) is 0. The van der Waals surface area contributed by atoms with Crippen molar-refractivity contribution >= 4 is 17.2 Å². The highest BCUT2D eigenvalue weighted by Crippen LogP contribution is 2.18. The van der Waals surface area contributed by atoms with Gasteiger partial charge in [0.2, 0.25) is 5.88 Å². The second-order valence-electron chi connectivity index (χ2n) is 6.34. The maximum absolute atomic E-state index is 12.7. The summed E-state index contributed by atoms with van der Waals surface area (Å²) in [6, 6.07) is 4.85. The van der Waals surface area contributed by atoms with Gasteiger partial charge in [-0.05, 0) is 34.9 Å². The van der Waals surface area contributed by atoms with Gasteiger partial charge in [-0.1, -0.05) is 0 Å². The van der Waals surface area contributed by atoms with Gasteiger partial charge in [0.15, 0.2) is 6.61 Å². The lowest BCUT2D eigenvalue weighted by atomic mass is 10.2. The maximum atomic E-state index is 12.7. The van der Waals surface area contributed by atoms with Gasteiger partial charge in [0.05, 0.1) is 5.56 Å². The molecule has 27 heavy (non-hydrogen) atoms. The Morgan fingerprint density at radius 2 is 2.04 bits per heavy atom. The van der Waals surface area contributed by atoms with Gasteiger partial charge in [0, 0.05) is 45.0 Å². The predicted octanol–water partition coefficient (Wildman–Crippen LogP) is 3.43. The Hall–Kier alpha value is -2.13. The summed E-state index contributed by atoms with van der Waals surface area (Å²) in [5.74, 6) is -0.316. The van der Waals surface area contributed by atoms with E-state index in [4.69, 9.17) is 0 Å². The first-order valence-electron chi connectivity index (χ1n) is 8.59. The summed E-state index contributed by atoms with van der Waals surface area (Å²) in [4.78, 5) is 20.5. The van der Waals surface area contributed by atoms with Gasteiger partial charge in [0.1, 0.15) is 0 Å². The number of carbonyl (C=O) groups is 1. The van der Waals surface area contributed by atoms with Gasteiger partial charge in [-0.3, -0.25) is 9.69 Å². The fourth-order valence-electron chi connectivity index (χ4n) is 2.90. The fourth-order valence-corrected chi connectivity index (χ4v) is 3.56. The first-order chi connectivity index (χ1) is 12.9. The summed E-state index contributed by atoms with van der Waals surface area (Å²) >= 11 is 1.67. The zero-order valence-corrected chi connectivity index (χ0v) is 15.4. The molecule has 9 heteroatoms. The predicted molar refractivity (Wildman–Crippen MR) is 95.9 cm³/mol. The zero-order valence-electron chi connectivity index (χ0n) is 14.6. The number of pyridine rings is 1. The van der Waals surface area contributed by atoms with Crippen LogP contribution in [0, 0.1) is 0 Å². The monoisotopic (exact) mass is 399 g/mol. The molecule has 0 atom stereocenters. The van der Waals surface area contributed by atoms with Crippen LogP contribution < -0.4 is 4.74 Å². The molecule has 0 bridgehead atoms. The van der Waals surface area contributed by atoms with E-state index >= 15 is 0 Å². The lowest BCUT2D eigenvalue weighted by molar-refractivity contribution is -0.154. The van der Waals surface area contributed by atoms with Crippen molar-refractivity contribution in [3.63, 3.8) is 0 Å². The molecule has 0 N–H and O–H groups in total. The molecule has 146 valence electrons. The molecule has 1 fully saturated rings. The third-order valence-corrected chi connectivity index (χ3v) is 4.96. The Morgan fingerprint density at radius 3 is 2.70 bits per heavy atom. The summed E-state index contributed by atoms with van der Waals surface area (Å²) in [6.07, 6.45) is -2.28. The van der Waals surface area contributed by atoms with Crippen molar-refractivity contribution in [1.29, 1.82) is 0 Å². The zero-order chi connectivity index (χ0) is 19.3. The minimum Gasteiger partial charge on any atom is -0.468 e. The van der Waals surface area contributed by atoms with E-state index in [-0.39, 0.29) is 11.8 Å². The molecule has 3 heterocycles. The Labute approximate surface area is 159 Å². The quantitative estimate of drug-likeness (QED) is 0.773. The van der Waals surface area contributed by atoms with Crippen LogP contribution in [0.2, 0.25) is 0 Å². The van der Waals surface area contributed by atoms with Crippen molar-refractivity contribution in [1.82, 2.24) is 14.8 Å². The SMILES string of the molecule is O=C(c1ccc(OCC(F)(F)F)nc1)N1CCCN(Cc2ccsc2)CC1. The molecule has 2 aromatic rings. The Bertz CT molecular complexity index is 735. The molecule has 1 saturated heterocycles. The molecule has 0 aromatic carbocycles. The second-order valence-corrected chi connectivity index (χ2v) is 7.12. The Kier molecular flexibility index (Phi) is 6.33. The number of amides is 1. The minimum absolute atomic E-state index is 0.151. The molecule has 1 aliphatic rings. The van der Waals surface area contributed by atoms with Crippen LogP contribution in [0.5, 0.6) is 5.88 Å². The molecule has 0 aliphatic carbocycles. The first kappa shape index (κ1) is 19.6. The van der Waals surface area contributed by atoms with E-state index in [1.165, 1.54) is 23.9 Å². The van der Waals surface area contributed by atoms with E-state index in [0.29, 0.717) is 18.7 Å². The molecule has 5 nitrogen and oxygen atoms in total. The van der Waals surface area contributed by atoms with Gasteiger partial charge in [-0.25, -0.2) is 4.98 Å². The maximum Gasteiger partial charge on any atom is 0.422 e. The van der Waals surface area contributed by atoms with Gasteiger partial charge in [0.25, 0.3) is 5.91 Å². The first-order valence-corrected chi connectivity index (χ1v) is 9.53. The topological polar surface area (TPSA) is 45.7 Å². The lowest BCUT2D eigenvalue weighted by Gasteiger charge is -2.22. The molecular formula is C18H20F3N3O2S. The van der Waals surface area contributed by atoms with Crippen LogP contribution >= 0.6 is 11.3 Å². The number of hydrogen-bond acceptors (Lipinski definition) is 5. The van der Waals surface area contributed by atoms with Crippen LogP contribution in [0.15, 0.2) is 35.2 Å². The van der Waals surface area contributed by atoms with Crippen molar-refractivity contribution in [3.8, 4) is 5.88 Å². The van der Waals surface area contributed by atoms with Crippen molar-refractivity contribution < 1.29 is 22.7 Å². The number of halogens is 3. The van der Waals surface area contributed by atoms with E-state index in [1.54, 1.807) is 16.2 Å². The highest BCUT2D eigenvalue weighted by atomic mass is 32.1. The van der Waals surface area contributed by atoms with Gasteiger partial charge < -0.3 is 9.64 Å². The number of nitrogens with zero attached hydrogens (tertiary/aromatic N) is 3. The van der Waals surface area contributed by atoms with Crippen LogP contribution in [0.25, 0.3) is 0 Å². The standard InChI is InChI=1S/C18H20F3N3O2S/c19-18(20,21)13-26-16-3-2-15(10-22-16)17(25)24-6-1-5-23(7-8-24)11-14-4-9-27-12-14/h2-4,9-10,12H,1,5-8,11,13H2. The van der Waals surface area contributed by atoms with Crippen molar-refractivity contribution in [2.45, 2.75) is 19.1 Å². The number of rotatable bonds is 5. The molecule has 2 aromatic heterocycles. The summed E-state index contributed by atoms with van der Waals surface area (Å²) in [6.45, 7) is 2.42. The Morgan fingerprint density at radius 1 is 1.19 bits per heavy atom. The summed E-state index contributed by atoms with van der Waals surface area (Å²) < 4.78 is 41.1. The van der Waals surface area contributed by atoms with Crippen molar-refractivity contribution in [3.05, 3.63) is 46.3 Å². The summed E-state index contributed by atoms with van der Waals surface area (Å²) in [5, 5.41) is 4.18. The van der Waals surface area contributed by atoms with Gasteiger partial charge in [-0.15, -0.1) is 0 Å². The molecule has 0 radical (unpaired) electrons. The van der Waals surface area contributed by atoms with Gasteiger partial charge in [-0.2, -0.15) is 24.5 Å². The van der Waals surface area contributed by atoms with Crippen LogP contribution in [0.4, 0.5) is 13.2 Å². The average Bonchev–Trinajstić information content (AvgIpc) is 3.03. The fraction of sp³-hybridized carbons (Fsp3) is 0.444. The number of ether oxygens (including phenoxy) is 1. The van der Waals surface area contributed by atoms with Gasteiger partial charge >= 0.3 is 6.18 Å². The Balaban J connectivity index is 1.54. The van der Waals surface area contributed by atoms with Crippen LogP contribution in [0.1, 0.15) is 22.3 Å². The lowest BCUT2D eigenvalue weighted by Crippen LogP contribution is -2.35. The van der Waals surface area contributed by atoms with E-state index < -0.39 is 12.8 Å². The third-order valence-electron chi connectivity index (χ3n) is 4.23. The molecule has 1 aliphatic heterocycles. The number of carbonyl (C=O) groups excluding carboxylic acids is 1. The summed E-state index contributed by atoms with van der Waals surface area (Å²) in [5.41, 5.74) is 1.62. The largest absolute Gasteiger partial charge is 0.468 e. The average molecular weight is 399 g/mol. The van der Waals surface area contributed by atoms with Crippen molar-refractivity contribution in [2.24, 2.45) is 0 Å². The highest BCUT2D eigenvalue weighted by molar-refractivity contribution is 7.07. The third kappa shape index (κ3) is 5.93. The molecular weight excluding hydrogens is 379 g/mol. The molecule has 3 rings (SSSR count). The van der Waals surface area contributed by atoms with Crippen LogP contribution in [0.3, 0.4) is 0 Å². The normalized spacial score (nSPS) is 16.2. The molecule has 1 amide bonds. The van der Waals surface area contributed by atoms with E-state index in [0.717, 1.165) is 26.1 Å². The molecule has 0 saturated carbocycles. The second kappa shape index (κ2) is 8.71.